The van der Waals surface area contributed by atoms with Crippen LogP contribution in [0.1, 0.15) is 0 Å². The molecule has 0 radical (unpaired) electrons. The SMILES string of the molecule is O=c1cc[nH]cc1-c1cc2c(-c3ccccc3F)n[nH]c2cn1. The topological polar surface area (TPSA) is 74.4 Å². The molecule has 0 saturated carbocycles. The number of aromatic amines is 2. The van der Waals surface area contributed by atoms with Crippen molar-refractivity contribution in [3.63, 3.8) is 0 Å². The summed E-state index contributed by atoms with van der Waals surface area (Å²) < 4.78 is 14.0. The van der Waals surface area contributed by atoms with Gasteiger partial charge in [-0.2, -0.15) is 5.10 Å². The van der Waals surface area contributed by atoms with Gasteiger partial charge in [-0.25, -0.2) is 4.39 Å². The lowest BCUT2D eigenvalue weighted by Crippen LogP contribution is -2.03. The van der Waals surface area contributed by atoms with Crippen LogP contribution in [0.3, 0.4) is 0 Å². The summed E-state index contributed by atoms with van der Waals surface area (Å²) in [4.78, 5) is 19.1. The molecule has 0 saturated heterocycles. The van der Waals surface area contributed by atoms with E-state index < -0.39 is 0 Å². The number of halogens is 1. The fourth-order valence-electron chi connectivity index (χ4n) is 2.54. The molecule has 2 N–H and O–H groups in total. The molecule has 5 nitrogen and oxygen atoms in total. The predicted molar refractivity (Wildman–Crippen MR) is 85.3 cm³/mol. The van der Waals surface area contributed by atoms with E-state index in [4.69, 9.17) is 0 Å². The van der Waals surface area contributed by atoms with E-state index in [1.165, 1.54) is 12.1 Å². The van der Waals surface area contributed by atoms with Crippen molar-refractivity contribution in [3.05, 3.63) is 71.0 Å². The number of pyridine rings is 2. The number of H-pyrrole nitrogens is 2. The number of rotatable bonds is 2. The van der Waals surface area contributed by atoms with Crippen molar-refractivity contribution in [2.75, 3.05) is 0 Å². The third kappa shape index (κ3) is 2.20. The maximum absolute atomic E-state index is 14.0. The Kier molecular flexibility index (Phi) is 3.01. The molecular weight excluding hydrogens is 295 g/mol. The minimum atomic E-state index is -0.350. The molecule has 4 rings (SSSR count). The quantitative estimate of drug-likeness (QED) is 0.597. The Balaban J connectivity index is 1.96. The highest BCUT2D eigenvalue weighted by Crippen LogP contribution is 2.29. The van der Waals surface area contributed by atoms with Crippen LogP contribution < -0.4 is 5.43 Å². The molecule has 3 heterocycles. The zero-order valence-corrected chi connectivity index (χ0v) is 11.9. The van der Waals surface area contributed by atoms with Crippen molar-refractivity contribution in [2.45, 2.75) is 0 Å². The molecule has 0 spiro atoms. The average Bonchev–Trinajstić information content (AvgIpc) is 2.99. The first kappa shape index (κ1) is 13.4. The molecule has 6 heteroatoms. The molecule has 0 aliphatic rings. The van der Waals surface area contributed by atoms with Gasteiger partial charge >= 0.3 is 0 Å². The van der Waals surface area contributed by atoms with Gasteiger partial charge in [-0.3, -0.25) is 14.9 Å². The number of nitrogens with zero attached hydrogens (tertiary/aromatic N) is 2. The highest BCUT2D eigenvalue weighted by atomic mass is 19.1. The standard InChI is InChI=1S/C17H11FN4O/c18-13-4-2-1-3-10(13)17-11-7-14(20-9-15(11)21-22-17)12-8-19-6-5-16(12)23/h1-9H,(H,19,23)(H,21,22). The van der Waals surface area contributed by atoms with Gasteiger partial charge in [0.25, 0.3) is 0 Å². The second kappa shape index (κ2) is 5.17. The van der Waals surface area contributed by atoms with Crippen molar-refractivity contribution in [3.8, 4) is 22.5 Å². The Morgan fingerprint density at radius 1 is 1.09 bits per heavy atom. The second-order valence-corrected chi connectivity index (χ2v) is 5.09. The molecule has 0 aliphatic carbocycles. The Hall–Kier alpha value is -3.28. The molecule has 0 atom stereocenters. The fourth-order valence-corrected chi connectivity index (χ4v) is 2.54. The van der Waals surface area contributed by atoms with E-state index in [-0.39, 0.29) is 11.2 Å². The van der Waals surface area contributed by atoms with Crippen molar-refractivity contribution >= 4 is 10.9 Å². The van der Waals surface area contributed by atoms with E-state index in [1.54, 1.807) is 42.9 Å². The van der Waals surface area contributed by atoms with Crippen LogP contribution in [-0.2, 0) is 0 Å². The maximum Gasteiger partial charge on any atom is 0.190 e. The van der Waals surface area contributed by atoms with Gasteiger partial charge in [-0.1, -0.05) is 12.1 Å². The lowest BCUT2D eigenvalue weighted by Gasteiger charge is -2.02. The maximum atomic E-state index is 14.0. The van der Waals surface area contributed by atoms with Crippen LogP contribution in [0.5, 0.6) is 0 Å². The Morgan fingerprint density at radius 3 is 2.78 bits per heavy atom. The highest BCUT2D eigenvalue weighted by molar-refractivity contribution is 5.94. The van der Waals surface area contributed by atoms with Gasteiger partial charge in [0.05, 0.1) is 23.0 Å². The fraction of sp³-hybridized carbons (Fsp3) is 0. The summed E-state index contributed by atoms with van der Waals surface area (Å²) in [5.41, 5.74) is 2.41. The van der Waals surface area contributed by atoms with Gasteiger partial charge in [0.1, 0.15) is 11.5 Å². The molecule has 0 amide bonds. The van der Waals surface area contributed by atoms with E-state index in [1.807, 2.05) is 0 Å². The number of benzene rings is 1. The van der Waals surface area contributed by atoms with E-state index in [9.17, 15) is 9.18 Å². The first-order chi connectivity index (χ1) is 11.2. The summed E-state index contributed by atoms with van der Waals surface area (Å²) in [6.45, 7) is 0. The highest BCUT2D eigenvalue weighted by Gasteiger charge is 2.14. The first-order valence-electron chi connectivity index (χ1n) is 7.00. The van der Waals surface area contributed by atoms with Gasteiger partial charge in [-0.15, -0.1) is 0 Å². The molecule has 0 fully saturated rings. The van der Waals surface area contributed by atoms with Gasteiger partial charge in [-0.05, 0) is 18.2 Å². The monoisotopic (exact) mass is 306 g/mol. The normalized spacial score (nSPS) is 11.0. The van der Waals surface area contributed by atoms with Crippen LogP contribution in [0, 0.1) is 5.82 Å². The third-order valence-electron chi connectivity index (χ3n) is 3.68. The first-order valence-corrected chi connectivity index (χ1v) is 7.00. The summed E-state index contributed by atoms with van der Waals surface area (Å²) in [6.07, 6.45) is 4.75. The molecule has 112 valence electrons. The minimum absolute atomic E-state index is 0.133. The molecule has 23 heavy (non-hydrogen) atoms. The smallest absolute Gasteiger partial charge is 0.190 e. The molecular formula is C17H11FN4O. The largest absolute Gasteiger partial charge is 0.367 e. The Bertz CT molecular complexity index is 1070. The van der Waals surface area contributed by atoms with Crippen molar-refractivity contribution < 1.29 is 4.39 Å². The van der Waals surface area contributed by atoms with Crippen molar-refractivity contribution in [1.82, 2.24) is 20.2 Å². The van der Waals surface area contributed by atoms with Crippen LogP contribution in [0.4, 0.5) is 4.39 Å². The van der Waals surface area contributed by atoms with E-state index in [2.05, 4.69) is 20.2 Å². The van der Waals surface area contributed by atoms with Gasteiger partial charge in [0.2, 0.25) is 0 Å². The van der Waals surface area contributed by atoms with Crippen LogP contribution in [0.25, 0.3) is 33.4 Å². The number of hydrogen-bond donors (Lipinski definition) is 2. The number of hydrogen-bond acceptors (Lipinski definition) is 3. The molecule has 0 bridgehead atoms. The van der Waals surface area contributed by atoms with E-state index in [0.717, 1.165) is 0 Å². The number of aromatic nitrogens is 4. The zero-order chi connectivity index (χ0) is 15.8. The molecule has 1 aromatic carbocycles. The van der Waals surface area contributed by atoms with Crippen LogP contribution in [0.15, 0.2) is 59.8 Å². The van der Waals surface area contributed by atoms with Crippen LogP contribution in [-0.4, -0.2) is 20.2 Å². The predicted octanol–water partition coefficient (Wildman–Crippen LogP) is 3.12. The molecule has 0 aliphatic heterocycles. The summed E-state index contributed by atoms with van der Waals surface area (Å²) >= 11 is 0. The molecule has 4 aromatic rings. The number of nitrogens with one attached hydrogen (secondary N) is 2. The summed E-state index contributed by atoms with van der Waals surface area (Å²) in [6, 6.07) is 9.62. The lowest BCUT2D eigenvalue weighted by molar-refractivity contribution is 0.631. The average molecular weight is 306 g/mol. The Morgan fingerprint density at radius 2 is 1.96 bits per heavy atom. The molecule has 3 aromatic heterocycles. The van der Waals surface area contributed by atoms with Crippen LogP contribution in [0.2, 0.25) is 0 Å². The van der Waals surface area contributed by atoms with Crippen molar-refractivity contribution in [2.24, 2.45) is 0 Å². The summed E-state index contributed by atoms with van der Waals surface area (Å²) in [5.74, 6) is -0.350. The van der Waals surface area contributed by atoms with Crippen molar-refractivity contribution in [1.29, 1.82) is 0 Å². The van der Waals surface area contributed by atoms with E-state index in [0.29, 0.717) is 33.4 Å². The van der Waals surface area contributed by atoms with Gasteiger partial charge in [0, 0.05) is 29.4 Å². The Labute approximate surface area is 129 Å². The van der Waals surface area contributed by atoms with Gasteiger partial charge in [0.15, 0.2) is 5.43 Å². The summed E-state index contributed by atoms with van der Waals surface area (Å²) in [7, 11) is 0. The number of fused-ring (bicyclic) bond motifs is 1. The van der Waals surface area contributed by atoms with E-state index >= 15 is 0 Å². The van der Waals surface area contributed by atoms with Crippen LogP contribution >= 0.6 is 0 Å². The zero-order valence-electron chi connectivity index (χ0n) is 11.9. The lowest BCUT2D eigenvalue weighted by atomic mass is 10.1. The summed E-state index contributed by atoms with van der Waals surface area (Å²) in [5, 5.41) is 7.75. The third-order valence-corrected chi connectivity index (χ3v) is 3.68. The minimum Gasteiger partial charge on any atom is -0.367 e. The molecule has 0 unspecified atom stereocenters. The second-order valence-electron chi connectivity index (χ2n) is 5.09. The van der Waals surface area contributed by atoms with Gasteiger partial charge < -0.3 is 4.98 Å².